The molecule has 0 aliphatic heterocycles. The van der Waals surface area contributed by atoms with Gasteiger partial charge in [0.1, 0.15) is 0 Å². The van der Waals surface area contributed by atoms with E-state index in [1.165, 1.54) is 12.1 Å². The fourth-order valence-corrected chi connectivity index (χ4v) is 3.21. The topological polar surface area (TPSA) is 79.3 Å². The first kappa shape index (κ1) is 15.6. The standard InChI is InChI=1S/C15H18N2O3S/c1-11(15-8-3-4-9-16-15)17-21(19,20)14-7-5-6-13(10-14)12(2)18/h3-12,17-18H,1-2H3. The van der Waals surface area contributed by atoms with Gasteiger partial charge in [0.25, 0.3) is 0 Å². The number of aliphatic hydroxyl groups is 1. The zero-order valence-corrected chi connectivity index (χ0v) is 12.7. The summed E-state index contributed by atoms with van der Waals surface area (Å²) in [6, 6.07) is 11.2. The molecule has 0 bridgehead atoms. The van der Waals surface area contributed by atoms with Gasteiger partial charge in [-0.3, -0.25) is 4.98 Å². The van der Waals surface area contributed by atoms with Gasteiger partial charge in [0.05, 0.1) is 22.7 Å². The molecule has 2 unspecified atom stereocenters. The van der Waals surface area contributed by atoms with E-state index in [9.17, 15) is 13.5 Å². The van der Waals surface area contributed by atoms with Crippen LogP contribution in [-0.4, -0.2) is 18.5 Å². The first-order chi connectivity index (χ1) is 9.90. The van der Waals surface area contributed by atoms with Gasteiger partial charge < -0.3 is 5.11 Å². The Morgan fingerprint density at radius 2 is 1.90 bits per heavy atom. The Bertz CT molecular complexity index is 700. The van der Waals surface area contributed by atoms with Crippen molar-refractivity contribution >= 4 is 10.0 Å². The third kappa shape index (κ3) is 3.87. The average Bonchev–Trinajstić information content (AvgIpc) is 2.48. The molecule has 0 spiro atoms. The second-order valence-electron chi connectivity index (χ2n) is 4.85. The second kappa shape index (κ2) is 6.34. The number of hydrogen-bond donors (Lipinski definition) is 2. The van der Waals surface area contributed by atoms with Crippen LogP contribution in [0.4, 0.5) is 0 Å². The SMILES string of the molecule is CC(O)c1cccc(S(=O)(=O)NC(C)c2ccccn2)c1. The molecule has 1 aromatic heterocycles. The van der Waals surface area contributed by atoms with Crippen LogP contribution < -0.4 is 4.72 Å². The van der Waals surface area contributed by atoms with Crippen LogP contribution in [-0.2, 0) is 10.0 Å². The van der Waals surface area contributed by atoms with Gasteiger partial charge in [-0.1, -0.05) is 18.2 Å². The van der Waals surface area contributed by atoms with E-state index in [1.54, 1.807) is 50.4 Å². The molecule has 0 radical (unpaired) electrons. The molecule has 6 heteroatoms. The third-order valence-electron chi connectivity index (χ3n) is 3.11. The van der Waals surface area contributed by atoms with Crippen LogP contribution in [0.2, 0.25) is 0 Å². The summed E-state index contributed by atoms with van der Waals surface area (Å²) in [4.78, 5) is 4.26. The lowest BCUT2D eigenvalue weighted by molar-refractivity contribution is 0.199. The van der Waals surface area contributed by atoms with Crippen molar-refractivity contribution in [1.82, 2.24) is 9.71 Å². The van der Waals surface area contributed by atoms with Gasteiger partial charge in [0, 0.05) is 6.20 Å². The van der Waals surface area contributed by atoms with Crippen LogP contribution in [0, 0.1) is 0 Å². The highest BCUT2D eigenvalue weighted by atomic mass is 32.2. The minimum Gasteiger partial charge on any atom is -0.389 e. The molecule has 5 nitrogen and oxygen atoms in total. The van der Waals surface area contributed by atoms with Crippen LogP contribution >= 0.6 is 0 Å². The predicted octanol–water partition coefficient (Wildman–Crippen LogP) is 2.17. The molecular weight excluding hydrogens is 288 g/mol. The molecule has 2 atom stereocenters. The normalized spacial score (nSPS) is 14.6. The Morgan fingerprint density at radius 1 is 1.14 bits per heavy atom. The Kier molecular flexibility index (Phi) is 4.72. The zero-order chi connectivity index (χ0) is 15.5. The van der Waals surface area contributed by atoms with Crippen molar-refractivity contribution < 1.29 is 13.5 Å². The number of sulfonamides is 1. The molecule has 2 aromatic rings. The summed E-state index contributed by atoms with van der Waals surface area (Å²) < 4.78 is 27.3. The van der Waals surface area contributed by atoms with Gasteiger partial charge in [0.15, 0.2) is 0 Å². The van der Waals surface area contributed by atoms with Crippen molar-refractivity contribution in [3.05, 3.63) is 59.9 Å². The molecule has 21 heavy (non-hydrogen) atoms. The molecule has 0 saturated carbocycles. The summed E-state index contributed by atoms with van der Waals surface area (Å²) in [5.41, 5.74) is 1.20. The second-order valence-corrected chi connectivity index (χ2v) is 6.56. The van der Waals surface area contributed by atoms with Crippen molar-refractivity contribution in [1.29, 1.82) is 0 Å². The minimum atomic E-state index is -3.66. The maximum Gasteiger partial charge on any atom is 0.241 e. The maximum atomic E-state index is 12.4. The zero-order valence-electron chi connectivity index (χ0n) is 11.9. The molecule has 112 valence electrons. The Balaban J connectivity index is 2.24. The fourth-order valence-electron chi connectivity index (χ4n) is 1.93. The molecule has 0 fully saturated rings. The average molecular weight is 306 g/mol. The molecule has 1 aromatic carbocycles. The summed E-state index contributed by atoms with van der Waals surface area (Å²) in [5, 5.41) is 9.55. The van der Waals surface area contributed by atoms with Gasteiger partial charge >= 0.3 is 0 Å². The van der Waals surface area contributed by atoms with Crippen LogP contribution in [0.3, 0.4) is 0 Å². The number of nitrogens with one attached hydrogen (secondary N) is 1. The molecule has 0 aliphatic carbocycles. The molecule has 0 saturated heterocycles. The first-order valence-electron chi connectivity index (χ1n) is 6.61. The summed E-state index contributed by atoms with van der Waals surface area (Å²) in [6.45, 7) is 3.33. The van der Waals surface area contributed by atoms with Crippen molar-refractivity contribution in [2.75, 3.05) is 0 Å². The first-order valence-corrected chi connectivity index (χ1v) is 8.10. The quantitative estimate of drug-likeness (QED) is 0.887. The predicted molar refractivity (Wildman–Crippen MR) is 80.0 cm³/mol. The van der Waals surface area contributed by atoms with Crippen LogP contribution in [0.15, 0.2) is 53.6 Å². The molecule has 0 amide bonds. The van der Waals surface area contributed by atoms with E-state index in [0.29, 0.717) is 11.3 Å². The highest BCUT2D eigenvalue weighted by Gasteiger charge is 2.19. The lowest BCUT2D eigenvalue weighted by Gasteiger charge is -2.14. The summed E-state index contributed by atoms with van der Waals surface area (Å²) in [5.74, 6) is 0. The largest absolute Gasteiger partial charge is 0.389 e. The molecular formula is C15H18N2O3S. The monoisotopic (exact) mass is 306 g/mol. The lowest BCUT2D eigenvalue weighted by atomic mass is 10.1. The minimum absolute atomic E-state index is 0.128. The van der Waals surface area contributed by atoms with Gasteiger partial charge in [-0.2, -0.15) is 0 Å². The van der Waals surface area contributed by atoms with Crippen molar-refractivity contribution in [2.45, 2.75) is 30.9 Å². The van der Waals surface area contributed by atoms with Gasteiger partial charge in [-0.15, -0.1) is 0 Å². The fraction of sp³-hybridized carbons (Fsp3) is 0.267. The van der Waals surface area contributed by atoms with E-state index < -0.39 is 22.2 Å². The molecule has 2 rings (SSSR count). The Labute approximate surface area is 124 Å². The van der Waals surface area contributed by atoms with E-state index in [0.717, 1.165) is 0 Å². The van der Waals surface area contributed by atoms with E-state index in [2.05, 4.69) is 9.71 Å². The number of nitrogens with zero attached hydrogens (tertiary/aromatic N) is 1. The van der Waals surface area contributed by atoms with E-state index in [4.69, 9.17) is 0 Å². The number of hydrogen-bond acceptors (Lipinski definition) is 4. The van der Waals surface area contributed by atoms with Crippen molar-refractivity contribution in [3.8, 4) is 0 Å². The van der Waals surface area contributed by atoms with Gasteiger partial charge in [-0.05, 0) is 43.7 Å². The maximum absolute atomic E-state index is 12.4. The van der Waals surface area contributed by atoms with E-state index in [-0.39, 0.29) is 4.90 Å². The van der Waals surface area contributed by atoms with Crippen molar-refractivity contribution in [2.24, 2.45) is 0 Å². The van der Waals surface area contributed by atoms with Gasteiger partial charge in [0.2, 0.25) is 10.0 Å². The molecule has 2 N–H and O–H groups in total. The Hall–Kier alpha value is -1.76. The van der Waals surface area contributed by atoms with Crippen LogP contribution in [0.25, 0.3) is 0 Å². The summed E-state index contributed by atoms with van der Waals surface area (Å²) >= 11 is 0. The number of rotatable bonds is 5. The number of aliphatic hydroxyl groups excluding tert-OH is 1. The lowest BCUT2D eigenvalue weighted by Crippen LogP contribution is -2.27. The number of aromatic nitrogens is 1. The molecule has 1 heterocycles. The smallest absolute Gasteiger partial charge is 0.241 e. The summed E-state index contributed by atoms with van der Waals surface area (Å²) in [6.07, 6.45) is 0.905. The van der Waals surface area contributed by atoms with E-state index >= 15 is 0 Å². The van der Waals surface area contributed by atoms with E-state index in [1.807, 2.05) is 0 Å². The summed E-state index contributed by atoms with van der Waals surface area (Å²) in [7, 11) is -3.66. The van der Waals surface area contributed by atoms with Gasteiger partial charge in [-0.25, -0.2) is 13.1 Å². The highest BCUT2D eigenvalue weighted by molar-refractivity contribution is 7.89. The number of pyridine rings is 1. The van der Waals surface area contributed by atoms with Crippen LogP contribution in [0.5, 0.6) is 0 Å². The number of benzene rings is 1. The van der Waals surface area contributed by atoms with Crippen LogP contribution in [0.1, 0.15) is 37.3 Å². The highest BCUT2D eigenvalue weighted by Crippen LogP contribution is 2.19. The Morgan fingerprint density at radius 3 is 2.52 bits per heavy atom. The van der Waals surface area contributed by atoms with Crippen molar-refractivity contribution in [3.63, 3.8) is 0 Å². The molecule has 0 aliphatic rings. The third-order valence-corrected chi connectivity index (χ3v) is 4.65.